The Kier molecular flexibility index (Phi) is 1.71. The first-order chi connectivity index (χ1) is 4.70. The molecule has 0 bridgehead atoms. The average molecular weight is 140 g/mol. The lowest BCUT2D eigenvalue weighted by atomic mass is 10.4. The standard InChI is InChI=1S/C6H8N2O2/c1-4-6(3-7-10-4)8-5(2)9/h3H,1-2H3,(H,8,9). The van der Waals surface area contributed by atoms with E-state index >= 15 is 0 Å². The minimum Gasteiger partial charge on any atom is -0.359 e. The Labute approximate surface area is 58.2 Å². The molecule has 0 aliphatic heterocycles. The van der Waals surface area contributed by atoms with E-state index in [1.807, 2.05) is 0 Å². The van der Waals surface area contributed by atoms with Crippen molar-refractivity contribution in [1.82, 2.24) is 5.16 Å². The summed E-state index contributed by atoms with van der Waals surface area (Å²) in [7, 11) is 0. The predicted molar refractivity (Wildman–Crippen MR) is 35.5 cm³/mol. The van der Waals surface area contributed by atoms with Gasteiger partial charge in [0.1, 0.15) is 5.69 Å². The van der Waals surface area contributed by atoms with E-state index in [-0.39, 0.29) is 5.91 Å². The van der Waals surface area contributed by atoms with Crippen molar-refractivity contribution in [2.24, 2.45) is 0 Å². The fraction of sp³-hybridized carbons (Fsp3) is 0.333. The van der Waals surface area contributed by atoms with Gasteiger partial charge in [-0.15, -0.1) is 0 Å². The SMILES string of the molecule is CC(=O)Nc1cnoc1C. The fourth-order valence-electron chi connectivity index (χ4n) is 0.608. The van der Waals surface area contributed by atoms with Gasteiger partial charge in [0.05, 0.1) is 6.20 Å². The van der Waals surface area contributed by atoms with Gasteiger partial charge in [0.15, 0.2) is 5.76 Å². The molecule has 0 saturated heterocycles. The van der Waals surface area contributed by atoms with Gasteiger partial charge in [0.25, 0.3) is 0 Å². The summed E-state index contributed by atoms with van der Waals surface area (Å²) in [6.07, 6.45) is 1.47. The van der Waals surface area contributed by atoms with Crippen LogP contribution in [0.2, 0.25) is 0 Å². The number of nitrogens with zero attached hydrogens (tertiary/aromatic N) is 1. The molecule has 0 unspecified atom stereocenters. The summed E-state index contributed by atoms with van der Waals surface area (Å²) < 4.78 is 4.70. The normalized spacial score (nSPS) is 9.40. The van der Waals surface area contributed by atoms with Gasteiger partial charge in [-0.3, -0.25) is 4.79 Å². The lowest BCUT2D eigenvalue weighted by Gasteiger charge is -1.94. The fourth-order valence-corrected chi connectivity index (χ4v) is 0.608. The molecule has 1 amide bonds. The summed E-state index contributed by atoms with van der Waals surface area (Å²) in [5.41, 5.74) is 0.632. The topological polar surface area (TPSA) is 55.1 Å². The quantitative estimate of drug-likeness (QED) is 0.631. The zero-order valence-electron chi connectivity index (χ0n) is 5.84. The van der Waals surface area contributed by atoms with Crippen molar-refractivity contribution in [2.45, 2.75) is 13.8 Å². The number of aryl methyl sites for hydroxylation is 1. The van der Waals surface area contributed by atoms with Crippen LogP contribution in [-0.4, -0.2) is 11.1 Å². The van der Waals surface area contributed by atoms with Gasteiger partial charge in [0.2, 0.25) is 5.91 Å². The van der Waals surface area contributed by atoms with E-state index < -0.39 is 0 Å². The Morgan fingerprint density at radius 1 is 1.80 bits per heavy atom. The lowest BCUT2D eigenvalue weighted by Crippen LogP contribution is -2.05. The Morgan fingerprint density at radius 2 is 2.50 bits per heavy atom. The summed E-state index contributed by atoms with van der Waals surface area (Å²) in [5.74, 6) is 0.501. The molecule has 4 heteroatoms. The van der Waals surface area contributed by atoms with Gasteiger partial charge >= 0.3 is 0 Å². The molecule has 0 fully saturated rings. The van der Waals surface area contributed by atoms with E-state index in [2.05, 4.69) is 10.5 Å². The summed E-state index contributed by atoms with van der Waals surface area (Å²) in [5, 5.41) is 6.04. The molecule has 4 nitrogen and oxygen atoms in total. The van der Waals surface area contributed by atoms with Gasteiger partial charge in [-0.05, 0) is 6.92 Å². The van der Waals surface area contributed by atoms with Crippen molar-refractivity contribution in [3.05, 3.63) is 12.0 Å². The first-order valence-electron chi connectivity index (χ1n) is 2.89. The summed E-state index contributed by atoms with van der Waals surface area (Å²) in [4.78, 5) is 10.5. The second kappa shape index (κ2) is 2.51. The smallest absolute Gasteiger partial charge is 0.221 e. The molecule has 0 atom stereocenters. The van der Waals surface area contributed by atoms with Crippen LogP contribution in [0.5, 0.6) is 0 Å². The number of carbonyl (C=O) groups is 1. The Hall–Kier alpha value is -1.32. The zero-order chi connectivity index (χ0) is 7.56. The molecule has 0 saturated carbocycles. The highest BCUT2D eigenvalue weighted by Gasteiger charge is 2.02. The number of hydrogen-bond donors (Lipinski definition) is 1. The Balaban J connectivity index is 2.74. The third kappa shape index (κ3) is 1.34. The van der Waals surface area contributed by atoms with Crippen molar-refractivity contribution in [2.75, 3.05) is 5.32 Å². The third-order valence-electron chi connectivity index (χ3n) is 1.06. The molecule has 1 heterocycles. The Morgan fingerprint density at radius 3 is 2.90 bits per heavy atom. The first-order valence-corrected chi connectivity index (χ1v) is 2.89. The number of anilines is 1. The highest BCUT2D eigenvalue weighted by molar-refractivity contribution is 5.88. The first kappa shape index (κ1) is 6.80. The molecule has 0 radical (unpaired) electrons. The molecule has 0 aliphatic carbocycles. The van der Waals surface area contributed by atoms with Crippen LogP contribution in [0.1, 0.15) is 12.7 Å². The van der Waals surface area contributed by atoms with E-state index in [9.17, 15) is 4.79 Å². The van der Waals surface area contributed by atoms with Crippen molar-refractivity contribution in [3.8, 4) is 0 Å². The number of aromatic nitrogens is 1. The predicted octanol–water partition coefficient (Wildman–Crippen LogP) is 0.941. The van der Waals surface area contributed by atoms with Crippen molar-refractivity contribution >= 4 is 11.6 Å². The molecule has 0 aromatic carbocycles. The Bertz CT molecular complexity index is 242. The van der Waals surface area contributed by atoms with Crippen LogP contribution in [-0.2, 0) is 4.79 Å². The number of amides is 1. The maximum Gasteiger partial charge on any atom is 0.221 e. The number of nitrogens with one attached hydrogen (secondary N) is 1. The third-order valence-corrected chi connectivity index (χ3v) is 1.06. The monoisotopic (exact) mass is 140 g/mol. The van der Waals surface area contributed by atoms with Crippen LogP contribution in [0, 0.1) is 6.92 Å². The number of carbonyl (C=O) groups excluding carboxylic acids is 1. The van der Waals surface area contributed by atoms with Crippen molar-refractivity contribution in [3.63, 3.8) is 0 Å². The summed E-state index contributed by atoms with van der Waals surface area (Å²) >= 11 is 0. The van der Waals surface area contributed by atoms with E-state index in [1.165, 1.54) is 13.1 Å². The van der Waals surface area contributed by atoms with Gasteiger partial charge in [-0.2, -0.15) is 0 Å². The molecular weight excluding hydrogens is 132 g/mol. The maximum absolute atomic E-state index is 10.5. The van der Waals surface area contributed by atoms with Gasteiger partial charge in [-0.1, -0.05) is 5.16 Å². The molecule has 1 N–H and O–H groups in total. The lowest BCUT2D eigenvalue weighted by molar-refractivity contribution is -0.114. The largest absolute Gasteiger partial charge is 0.359 e. The van der Waals surface area contributed by atoms with Crippen molar-refractivity contribution in [1.29, 1.82) is 0 Å². The second-order valence-electron chi connectivity index (χ2n) is 1.98. The molecule has 0 aliphatic rings. The summed E-state index contributed by atoms with van der Waals surface area (Å²) in [6, 6.07) is 0. The van der Waals surface area contributed by atoms with E-state index in [1.54, 1.807) is 6.92 Å². The molecule has 1 aromatic heterocycles. The van der Waals surface area contributed by atoms with E-state index in [0.717, 1.165) is 0 Å². The highest BCUT2D eigenvalue weighted by Crippen LogP contribution is 2.11. The molecule has 1 aromatic rings. The van der Waals surface area contributed by atoms with Crippen LogP contribution in [0.3, 0.4) is 0 Å². The minimum atomic E-state index is -0.119. The van der Waals surface area contributed by atoms with Gasteiger partial charge in [0, 0.05) is 6.92 Å². The molecule has 54 valence electrons. The van der Waals surface area contributed by atoms with E-state index in [0.29, 0.717) is 11.4 Å². The molecule has 0 spiro atoms. The van der Waals surface area contributed by atoms with Crippen LogP contribution in [0.25, 0.3) is 0 Å². The van der Waals surface area contributed by atoms with Crippen LogP contribution < -0.4 is 5.32 Å². The van der Waals surface area contributed by atoms with Crippen molar-refractivity contribution < 1.29 is 9.32 Å². The van der Waals surface area contributed by atoms with Crippen LogP contribution in [0.4, 0.5) is 5.69 Å². The summed E-state index contributed by atoms with van der Waals surface area (Å²) in [6.45, 7) is 3.17. The molecule has 1 rings (SSSR count). The van der Waals surface area contributed by atoms with Gasteiger partial charge in [-0.25, -0.2) is 0 Å². The average Bonchev–Trinajstić information content (AvgIpc) is 2.15. The minimum absolute atomic E-state index is 0.119. The number of hydrogen-bond acceptors (Lipinski definition) is 3. The van der Waals surface area contributed by atoms with Crippen LogP contribution >= 0.6 is 0 Å². The zero-order valence-corrected chi connectivity index (χ0v) is 5.84. The maximum atomic E-state index is 10.5. The van der Waals surface area contributed by atoms with Crippen LogP contribution in [0.15, 0.2) is 10.7 Å². The molecular formula is C6H8N2O2. The highest BCUT2D eigenvalue weighted by atomic mass is 16.5. The second-order valence-corrected chi connectivity index (χ2v) is 1.98. The molecule has 10 heavy (non-hydrogen) atoms. The number of rotatable bonds is 1. The van der Waals surface area contributed by atoms with E-state index in [4.69, 9.17) is 4.52 Å². The van der Waals surface area contributed by atoms with Gasteiger partial charge < -0.3 is 9.84 Å².